The molecule has 1 fully saturated rings. The fraction of sp³-hybridized carbons (Fsp3) is 0.238. The average Bonchev–Trinajstić information content (AvgIpc) is 3.28. The van der Waals surface area contributed by atoms with Crippen molar-refractivity contribution in [2.45, 2.75) is 18.9 Å². The van der Waals surface area contributed by atoms with E-state index in [9.17, 15) is 0 Å². The maximum atomic E-state index is 6.26. The third-order valence-corrected chi connectivity index (χ3v) is 6.02. The molecule has 0 radical (unpaired) electrons. The second kappa shape index (κ2) is 7.38. The van der Waals surface area contributed by atoms with Gasteiger partial charge in [0, 0.05) is 48.0 Å². The lowest BCUT2D eigenvalue weighted by atomic mass is 10.0. The fourth-order valence-corrected chi connectivity index (χ4v) is 4.42. The SMILES string of the molecule is Nc1ccc(-c2nccs2)nc1-c1cc2c(N3CCCC(N)C3)ccnc2cn1. The number of nitrogens with two attached hydrogens (primary N) is 2. The van der Waals surface area contributed by atoms with E-state index in [0.717, 1.165) is 58.9 Å². The Kier molecular flexibility index (Phi) is 4.57. The van der Waals surface area contributed by atoms with E-state index in [-0.39, 0.29) is 6.04 Å². The largest absolute Gasteiger partial charge is 0.397 e. The summed E-state index contributed by atoms with van der Waals surface area (Å²) >= 11 is 1.55. The normalized spacial score (nSPS) is 17.0. The van der Waals surface area contributed by atoms with Crippen molar-refractivity contribution in [3.8, 4) is 22.1 Å². The molecule has 4 aromatic heterocycles. The zero-order valence-corrected chi connectivity index (χ0v) is 16.6. The molecule has 0 aliphatic carbocycles. The maximum absolute atomic E-state index is 6.26. The topological polar surface area (TPSA) is 107 Å². The van der Waals surface area contributed by atoms with Gasteiger partial charge in [-0.1, -0.05) is 0 Å². The Labute approximate surface area is 172 Å². The molecule has 0 bridgehead atoms. The lowest BCUT2D eigenvalue weighted by Gasteiger charge is -2.33. The van der Waals surface area contributed by atoms with Crippen molar-refractivity contribution in [1.82, 2.24) is 19.9 Å². The van der Waals surface area contributed by atoms with Crippen LogP contribution in [-0.4, -0.2) is 39.1 Å². The van der Waals surface area contributed by atoms with Crippen LogP contribution in [-0.2, 0) is 0 Å². The van der Waals surface area contributed by atoms with E-state index in [1.165, 1.54) is 0 Å². The molecule has 0 saturated carbocycles. The number of fused-ring (bicyclic) bond motifs is 1. The fourth-order valence-electron chi connectivity index (χ4n) is 3.81. The van der Waals surface area contributed by atoms with Crippen LogP contribution in [0.3, 0.4) is 0 Å². The average molecular weight is 404 g/mol. The molecule has 1 aliphatic heterocycles. The molecule has 4 N–H and O–H groups in total. The minimum Gasteiger partial charge on any atom is -0.397 e. The number of pyridine rings is 3. The van der Waals surface area contributed by atoms with E-state index in [1.807, 2.05) is 35.8 Å². The van der Waals surface area contributed by atoms with Crippen LogP contribution in [0.4, 0.5) is 11.4 Å². The number of piperidine rings is 1. The van der Waals surface area contributed by atoms with Crippen LogP contribution in [0.5, 0.6) is 0 Å². The summed E-state index contributed by atoms with van der Waals surface area (Å²) in [6, 6.07) is 8.02. The molecule has 7 nitrogen and oxygen atoms in total. The number of hydrogen-bond acceptors (Lipinski definition) is 8. The molecule has 29 heavy (non-hydrogen) atoms. The Morgan fingerprint density at radius 3 is 2.83 bits per heavy atom. The highest BCUT2D eigenvalue weighted by Crippen LogP contribution is 2.32. The van der Waals surface area contributed by atoms with Gasteiger partial charge in [0.2, 0.25) is 0 Å². The van der Waals surface area contributed by atoms with Crippen molar-refractivity contribution in [3.63, 3.8) is 0 Å². The molecular weight excluding hydrogens is 382 g/mol. The van der Waals surface area contributed by atoms with Gasteiger partial charge in [-0.2, -0.15) is 0 Å². The van der Waals surface area contributed by atoms with Crippen LogP contribution in [0, 0.1) is 0 Å². The smallest absolute Gasteiger partial charge is 0.141 e. The lowest BCUT2D eigenvalue weighted by molar-refractivity contribution is 0.507. The highest BCUT2D eigenvalue weighted by molar-refractivity contribution is 7.13. The number of anilines is 2. The highest BCUT2D eigenvalue weighted by atomic mass is 32.1. The lowest BCUT2D eigenvalue weighted by Crippen LogP contribution is -2.42. The van der Waals surface area contributed by atoms with Gasteiger partial charge in [0.1, 0.15) is 10.7 Å². The molecule has 4 aromatic rings. The Morgan fingerprint density at radius 1 is 1.07 bits per heavy atom. The van der Waals surface area contributed by atoms with Crippen molar-refractivity contribution in [1.29, 1.82) is 0 Å². The van der Waals surface area contributed by atoms with E-state index in [4.69, 9.17) is 16.5 Å². The maximum Gasteiger partial charge on any atom is 0.141 e. The Hall–Kier alpha value is -3.10. The number of nitrogens with zero attached hydrogens (tertiary/aromatic N) is 5. The first kappa shape index (κ1) is 18.0. The number of aromatic nitrogens is 4. The molecule has 0 amide bonds. The van der Waals surface area contributed by atoms with Crippen molar-refractivity contribution < 1.29 is 0 Å². The first-order chi connectivity index (χ1) is 14.2. The first-order valence-electron chi connectivity index (χ1n) is 9.61. The number of thiazole rings is 1. The van der Waals surface area contributed by atoms with E-state index in [0.29, 0.717) is 11.4 Å². The van der Waals surface area contributed by atoms with E-state index in [2.05, 4.69) is 19.9 Å². The van der Waals surface area contributed by atoms with E-state index in [1.54, 1.807) is 23.7 Å². The van der Waals surface area contributed by atoms with Crippen LogP contribution < -0.4 is 16.4 Å². The summed E-state index contributed by atoms with van der Waals surface area (Å²) in [4.78, 5) is 20.5. The summed E-state index contributed by atoms with van der Waals surface area (Å²) in [6.45, 7) is 1.83. The molecule has 1 atom stereocenters. The van der Waals surface area contributed by atoms with Crippen LogP contribution in [0.2, 0.25) is 0 Å². The van der Waals surface area contributed by atoms with Gasteiger partial charge in [-0.05, 0) is 37.1 Å². The molecule has 1 unspecified atom stereocenters. The first-order valence-corrected chi connectivity index (χ1v) is 10.5. The standard InChI is InChI=1S/C21H21N7S/c22-13-2-1-8-28(12-13)19-5-6-24-18-11-26-17(10-14(18)19)20-15(23)3-4-16(27-20)21-25-7-9-29-21/h3-7,9-11,13H,1-2,8,12,22-23H2. The van der Waals surface area contributed by atoms with Gasteiger partial charge in [-0.25, -0.2) is 9.97 Å². The van der Waals surface area contributed by atoms with Crippen LogP contribution in [0.15, 0.2) is 48.2 Å². The molecule has 5 heterocycles. The van der Waals surface area contributed by atoms with Crippen molar-refractivity contribution >= 4 is 33.6 Å². The van der Waals surface area contributed by atoms with E-state index >= 15 is 0 Å². The molecule has 5 rings (SSSR count). The zero-order chi connectivity index (χ0) is 19.8. The van der Waals surface area contributed by atoms with Crippen LogP contribution >= 0.6 is 11.3 Å². The van der Waals surface area contributed by atoms with Gasteiger partial charge in [0.15, 0.2) is 0 Å². The van der Waals surface area contributed by atoms with E-state index < -0.39 is 0 Å². The minimum atomic E-state index is 0.195. The third kappa shape index (κ3) is 3.41. The second-order valence-corrected chi connectivity index (χ2v) is 8.13. The van der Waals surface area contributed by atoms with Gasteiger partial charge < -0.3 is 16.4 Å². The Bertz CT molecular complexity index is 1160. The summed E-state index contributed by atoms with van der Waals surface area (Å²) in [7, 11) is 0. The van der Waals surface area contributed by atoms with Crippen molar-refractivity contribution in [2.75, 3.05) is 23.7 Å². The van der Waals surface area contributed by atoms with Crippen molar-refractivity contribution in [3.05, 3.63) is 48.2 Å². The zero-order valence-electron chi connectivity index (χ0n) is 15.8. The van der Waals surface area contributed by atoms with Gasteiger partial charge in [0.25, 0.3) is 0 Å². The van der Waals surface area contributed by atoms with Crippen LogP contribution in [0.25, 0.3) is 33.0 Å². The van der Waals surface area contributed by atoms with Gasteiger partial charge in [-0.15, -0.1) is 11.3 Å². The summed E-state index contributed by atoms with van der Waals surface area (Å²) in [5.41, 5.74) is 17.2. The van der Waals surface area contributed by atoms with Crippen molar-refractivity contribution in [2.24, 2.45) is 5.73 Å². The molecule has 146 valence electrons. The molecule has 1 aliphatic rings. The Morgan fingerprint density at radius 2 is 2.00 bits per heavy atom. The van der Waals surface area contributed by atoms with Crippen LogP contribution in [0.1, 0.15) is 12.8 Å². The van der Waals surface area contributed by atoms with Gasteiger partial charge >= 0.3 is 0 Å². The summed E-state index contributed by atoms with van der Waals surface area (Å²) in [5.74, 6) is 0. The molecule has 0 spiro atoms. The summed E-state index contributed by atoms with van der Waals surface area (Å²) in [5, 5.41) is 3.83. The Balaban J connectivity index is 1.62. The molecule has 8 heteroatoms. The monoisotopic (exact) mass is 403 g/mol. The molecule has 0 aromatic carbocycles. The summed E-state index contributed by atoms with van der Waals surface area (Å²) in [6.07, 6.45) is 7.54. The number of rotatable bonds is 3. The number of hydrogen-bond donors (Lipinski definition) is 2. The van der Waals surface area contributed by atoms with Gasteiger partial charge in [-0.3, -0.25) is 9.97 Å². The third-order valence-electron chi connectivity index (χ3n) is 5.22. The summed E-state index contributed by atoms with van der Waals surface area (Å²) < 4.78 is 0. The minimum absolute atomic E-state index is 0.195. The predicted octanol–water partition coefficient (Wildman–Crippen LogP) is 3.33. The van der Waals surface area contributed by atoms with Gasteiger partial charge in [0.05, 0.1) is 28.8 Å². The number of nitrogen functional groups attached to an aromatic ring is 1. The molecule has 1 saturated heterocycles. The molecular formula is C21H21N7S. The predicted molar refractivity (Wildman–Crippen MR) is 118 cm³/mol. The highest BCUT2D eigenvalue weighted by Gasteiger charge is 2.20. The quantitative estimate of drug-likeness (QED) is 0.540. The second-order valence-electron chi connectivity index (χ2n) is 7.24.